The number of piperazine rings is 1. The van der Waals surface area contributed by atoms with Crippen LogP contribution >= 0.6 is 23.3 Å². The normalized spacial score (nSPS) is 15.8. The summed E-state index contributed by atoms with van der Waals surface area (Å²) in [5.74, 6) is 1.78. The van der Waals surface area contributed by atoms with Gasteiger partial charge in [-0.1, -0.05) is 0 Å². The number of thiazole rings is 1. The van der Waals surface area contributed by atoms with Gasteiger partial charge in [-0.05, 0) is 70.0 Å². The van der Waals surface area contributed by atoms with E-state index in [1.807, 2.05) is 43.6 Å². The van der Waals surface area contributed by atoms with Crippen molar-refractivity contribution in [3.8, 4) is 17.0 Å². The van der Waals surface area contributed by atoms with Crippen molar-refractivity contribution < 1.29 is 4.74 Å². The van der Waals surface area contributed by atoms with E-state index in [0.717, 1.165) is 58.2 Å². The summed E-state index contributed by atoms with van der Waals surface area (Å²) in [7, 11) is 0. The zero-order chi connectivity index (χ0) is 22.7. The molecule has 170 valence electrons. The Morgan fingerprint density at radius 2 is 2.12 bits per heavy atom. The Morgan fingerprint density at radius 3 is 2.81 bits per heavy atom. The molecule has 4 N–H and O–H groups in total. The summed E-state index contributed by atoms with van der Waals surface area (Å²) < 4.78 is 5.94. The average molecular weight is 471 g/mol. The summed E-state index contributed by atoms with van der Waals surface area (Å²) in [6, 6.07) is 10.0. The smallest absolute Gasteiger partial charge is 0.187 e. The molecule has 0 saturated carbocycles. The fourth-order valence-electron chi connectivity index (χ4n) is 3.68. The van der Waals surface area contributed by atoms with Crippen LogP contribution in [0.4, 0.5) is 16.6 Å². The maximum Gasteiger partial charge on any atom is 0.187 e. The number of rotatable bonds is 7. The van der Waals surface area contributed by atoms with Crippen molar-refractivity contribution in [3.05, 3.63) is 41.9 Å². The number of ether oxygens (including phenoxy) is 1. The summed E-state index contributed by atoms with van der Waals surface area (Å²) in [4.78, 5) is 12.8. The van der Waals surface area contributed by atoms with Gasteiger partial charge in [-0.3, -0.25) is 5.14 Å². The molecule has 2 aromatic heterocycles. The lowest BCUT2D eigenvalue weighted by atomic mass is 10.0. The molecule has 9 heteroatoms. The van der Waals surface area contributed by atoms with Crippen LogP contribution in [0.25, 0.3) is 11.3 Å². The zero-order valence-electron chi connectivity index (χ0n) is 18.9. The standard InChI is InChI=1S/C23H30N6OS2/c1-15(2)30-20-7-6-17(32-24)11-18(20)27-22-28-19(13-31-22)16-5-8-21(25-12-16)29-10-9-26-23(3,4)14-29/h5-8,11-13,15,26H,9-10,14,24H2,1-4H3,(H,27,28). The third-order valence-corrected chi connectivity index (χ3v) is 6.42. The van der Waals surface area contributed by atoms with Gasteiger partial charge >= 0.3 is 0 Å². The topological polar surface area (TPSA) is 88.3 Å². The Morgan fingerprint density at radius 1 is 1.28 bits per heavy atom. The van der Waals surface area contributed by atoms with Crippen LogP contribution in [-0.2, 0) is 0 Å². The highest BCUT2D eigenvalue weighted by Crippen LogP contribution is 2.34. The van der Waals surface area contributed by atoms with Crippen molar-refractivity contribution in [2.24, 2.45) is 5.14 Å². The first kappa shape index (κ1) is 22.8. The van der Waals surface area contributed by atoms with E-state index in [1.54, 1.807) is 11.3 Å². The molecule has 0 radical (unpaired) electrons. The SMILES string of the molecule is CC(C)Oc1ccc(SN)cc1Nc1nc(-c2ccc(N3CCNC(C)(C)C3)nc2)cs1. The summed E-state index contributed by atoms with van der Waals surface area (Å²) in [6.45, 7) is 11.3. The molecule has 0 unspecified atom stereocenters. The molecule has 3 aromatic rings. The van der Waals surface area contributed by atoms with Gasteiger partial charge in [0.2, 0.25) is 0 Å². The van der Waals surface area contributed by atoms with E-state index in [-0.39, 0.29) is 11.6 Å². The second kappa shape index (κ2) is 9.66. The third kappa shape index (κ3) is 5.53. The monoisotopic (exact) mass is 470 g/mol. The number of pyridine rings is 1. The lowest BCUT2D eigenvalue weighted by Gasteiger charge is -2.39. The highest BCUT2D eigenvalue weighted by atomic mass is 32.2. The first-order chi connectivity index (χ1) is 15.3. The minimum atomic E-state index is 0.0737. The van der Waals surface area contributed by atoms with E-state index in [0.29, 0.717) is 0 Å². The molecule has 3 heterocycles. The molecule has 1 aromatic carbocycles. The Labute approximate surface area is 197 Å². The number of nitrogens with two attached hydrogens (primary N) is 1. The Kier molecular flexibility index (Phi) is 6.90. The molecule has 0 amide bonds. The third-order valence-electron chi connectivity index (χ3n) is 5.13. The van der Waals surface area contributed by atoms with Crippen molar-refractivity contribution in [2.75, 3.05) is 29.9 Å². The van der Waals surface area contributed by atoms with Crippen LogP contribution in [-0.4, -0.2) is 41.2 Å². The fourth-order valence-corrected chi connectivity index (χ4v) is 4.74. The number of aromatic nitrogens is 2. The van der Waals surface area contributed by atoms with Gasteiger partial charge in [-0.25, -0.2) is 9.97 Å². The summed E-state index contributed by atoms with van der Waals surface area (Å²) >= 11 is 2.76. The van der Waals surface area contributed by atoms with Crippen LogP contribution in [0.3, 0.4) is 0 Å². The largest absolute Gasteiger partial charge is 0.489 e. The molecule has 1 saturated heterocycles. The van der Waals surface area contributed by atoms with Crippen LogP contribution in [0.5, 0.6) is 5.75 Å². The highest BCUT2D eigenvalue weighted by Gasteiger charge is 2.26. The maximum absolute atomic E-state index is 5.94. The minimum absolute atomic E-state index is 0.0737. The van der Waals surface area contributed by atoms with Gasteiger partial charge < -0.3 is 20.3 Å². The summed E-state index contributed by atoms with van der Waals surface area (Å²) in [5, 5.41) is 15.5. The van der Waals surface area contributed by atoms with E-state index < -0.39 is 0 Å². The number of nitrogens with zero attached hydrogens (tertiary/aromatic N) is 3. The second-order valence-corrected chi connectivity index (χ2v) is 10.3. The number of nitrogens with one attached hydrogen (secondary N) is 2. The Bertz CT molecular complexity index is 1050. The van der Waals surface area contributed by atoms with Crippen LogP contribution < -0.4 is 25.4 Å². The number of benzene rings is 1. The van der Waals surface area contributed by atoms with Gasteiger partial charge in [-0.2, -0.15) is 0 Å². The number of hydrogen-bond donors (Lipinski definition) is 3. The summed E-state index contributed by atoms with van der Waals surface area (Å²) in [5.41, 5.74) is 2.83. The molecule has 1 fully saturated rings. The molecular formula is C23H30N6OS2. The second-order valence-electron chi connectivity index (χ2n) is 8.74. The molecule has 0 aliphatic carbocycles. The highest BCUT2D eigenvalue weighted by molar-refractivity contribution is 7.97. The van der Waals surface area contributed by atoms with Crippen molar-refractivity contribution in [1.82, 2.24) is 15.3 Å². The van der Waals surface area contributed by atoms with Crippen LogP contribution in [0, 0.1) is 0 Å². The molecule has 32 heavy (non-hydrogen) atoms. The molecular weight excluding hydrogens is 440 g/mol. The molecule has 1 aliphatic rings. The molecule has 0 spiro atoms. The van der Waals surface area contributed by atoms with Gasteiger partial charge in [-0.15, -0.1) is 11.3 Å². The van der Waals surface area contributed by atoms with Crippen LogP contribution in [0.2, 0.25) is 0 Å². The lowest BCUT2D eigenvalue weighted by molar-refractivity contribution is 0.243. The van der Waals surface area contributed by atoms with Crippen LogP contribution in [0.1, 0.15) is 27.7 Å². The van der Waals surface area contributed by atoms with E-state index in [1.165, 1.54) is 11.9 Å². The number of anilines is 3. The van der Waals surface area contributed by atoms with Gasteiger partial charge in [0.15, 0.2) is 5.13 Å². The predicted octanol–water partition coefficient (Wildman–Crippen LogP) is 4.89. The van der Waals surface area contributed by atoms with E-state index in [2.05, 4.69) is 41.5 Å². The van der Waals surface area contributed by atoms with Crippen molar-refractivity contribution in [1.29, 1.82) is 0 Å². The molecule has 1 aliphatic heterocycles. The molecule has 0 bridgehead atoms. The number of hydrogen-bond acceptors (Lipinski definition) is 9. The Hall–Kier alpha value is -2.33. The quantitative estimate of drug-likeness (QED) is 0.421. The predicted molar refractivity (Wildman–Crippen MR) is 135 cm³/mol. The first-order valence-corrected chi connectivity index (χ1v) is 12.5. The van der Waals surface area contributed by atoms with Gasteiger partial charge in [0.05, 0.1) is 17.5 Å². The molecule has 4 rings (SSSR count). The molecule has 7 nitrogen and oxygen atoms in total. The van der Waals surface area contributed by atoms with Gasteiger partial charge in [0, 0.05) is 47.2 Å². The van der Waals surface area contributed by atoms with E-state index in [4.69, 9.17) is 19.8 Å². The van der Waals surface area contributed by atoms with E-state index in [9.17, 15) is 0 Å². The fraction of sp³-hybridized carbons (Fsp3) is 0.391. The lowest BCUT2D eigenvalue weighted by Crippen LogP contribution is -2.57. The Balaban J connectivity index is 1.50. The van der Waals surface area contributed by atoms with Gasteiger partial charge in [0.25, 0.3) is 0 Å². The van der Waals surface area contributed by atoms with E-state index >= 15 is 0 Å². The first-order valence-electron chi connectivity index (χ1n) is 10.7. The molecule has 0 atom stereocenters. The van der Waals surface area contributed by atoms with Crippen LogP contribution in [0.15, 0.2) is 46.8 Å². The van der Waals surface area contributed by atoms with Crippen molar-refractivity contribution in [2.45, 2.75) is 44.2 Å². The van der Waals surface area contributed by atoms with Gasteiger partial charge in [0.1, 0.15) is 11.6 Å². The summed E-state index contributed by atoms with van der Waals surface area (Å²) in [6.07, 6.45) is 1.98. The zero-order valence-corrected chi connectivity index (χ0v) is 20.5. The minimum Gasteiger partial charge on any atom is -0.489 e. The van der Waals surface area contributed by atoms with Crippen molar-refractivity contribution in [3.63, 3.8) is 0 Å². The maximum atomic E-state index is 5.94. The average Bonchev–Trinajstić information content (AvgIpc) is 3.22. The van der Waals surface area contributed by atoms with Crippen molar-refractivity contribution >= 4 is 39.9 Å².